The van der Waals surface area contributed by atoms with Crippen molar-refractivity contribution in [2.24, 2.45) is 0 Å². The molecule has 4 aliphatic heterocycles. The fourth-order valence-electron chi connectivity index (χ4n) is 12.9. The van der Waals surface area contributed by atoms with Crippen LogP contribution in [0.25, 0.3) is 0 Å². The molecule has 0 unspecified atom stereocenters. The highest BCUT2D eigenvalue weighted by Crippen LogP contribution is 2.34. The third kappa shape index (κ3) is 29.3. The Hall–Kier alpha value is -1.94. The van der Waals surface area contributed by atoms with Gasteiger partial charge in [0.1, 0.15) is 104 Å². The molecule has 0 spiro atoms. The van der Waals surface area contributed by atoms with Gasteiger partial charge < -0.3 is 120 Å². The maximum Gasteiger partial charge on any atom is 0.249 e. The second-order valence-electron chi connectivity index (χ2n) is 27.1. The molecule has 0 aliphatic carbocycles. The lowest BCUT2D eigenvalue weighted by Crippen LogP contribution is -2.68. The molecule has 4 rings (SSSR count). The van der Waals surface area contributed by atoms with E-state index in [0.29, 0.717) is 12.8 Å². The van der Waals surface area contributed by atoms with E-state index < -0.39 is 185 Å². The molecule has 4 fully saturated rings. The van der Waals surface area contributed by atoms with E-state index in [1.54, 1.807) is 0 Å². The lowest BCUT2D eigenvalue weighted by Gasteiger charge is -2.48. The Morgan fingerprint density at radius 2 is 0.819 bits per heavy atom. The van der Waals surface area contributed by atoms with Crippen LogP contribution in [0.5, 0.6) is 0 Å². The average molecular weight is 1360 g/mol. The first-order chi connectivity index (χ1) is 45.2. The van der Waals surface area contributed by atoms with Gasteiger partial charge >= 0.3 is 0 Å². The highest BCUT2D eigenvalue weighted by Gasteiger charge is 2.54. The molecule has 94 heavy (non-hydrogen) atoms. The lowest BCUT2D eigenvalue weighted by atomic mass is 9.95. The van der Waals surface area contributed by atoms with Gasteiger partial charge in [-0.25, -0.2) is 0 Å². The molecule has 554 valence electrons. The summed E-state index contributed by atoms with van der Waals surface area (Å²) in [5, 5.41) is 159. The highest BCUT2D eigenvalue weighted by atomic mass is 16.8. The number of carbonyl (C=O) groups excluding carboxylic acids is 2. The van der Waals surface area contributed by atoms with Gasteiger partial charge in [-0.15, -0.1) is 0 Å². The third-order valence-electron chi connectivity index (χ3n) is 19.1. The molecular weight excluding hydrogens is 1230 g/mol. The van der Waals surface area contributed by atoms with Gasteiger partial charge in [0.15, 0.2) is 25.2 Å². The van der Waals surface area contributed by atoms with Crippen LogP contribution >= 0.6 is 0 Å². The van der Waals surface area contributed by atoms with Crippen molar-refractivity contribution in [3.05, 3.63) is 0 Å². The number of amides is 2. The zero-order valence-corrected chi connectivity index (χ0v) is 57.1. The normalized spacial score (nSPS) is 32.8. The Morgan fingerprint density at radius 3 is 1.29 bits per heavy atom. The molecule has 2 amide bonds. The summed E-state index contributed by atoms with van der Waals surface area (Å²) in [6.07, 6.45) is -0.482. The predicted octanol–water partition coefficient (Wildman–Crippen LogP) is 3.32. The zero-order valence-electron chi connectivity index (χ0n) is 57.1. The molecule has 26 heteroatoms. The molecule has 4 saturated heterocycles. The molecule has 0 bridgehead atoms. The van der Waals surface area contributed by atoms with Gasteiger partial charge in [0.05, 0.1) is 44.7 Å². The number of hydrogen-bond acceptors (Lipinski definition) is 24. The van der Waals surface area contributed by atoms with Crippen molar-refractivity contribution in [1.29, 1.82) is 0 Å². The van der Waals surface area contributed by atoms with Gasteiger partial charge in [0.25, 0.3) is 0 Å². The number of unbranched alkanes of at least 4 members (excludes halogenated alkanes) is 30. The minimum atomic E-state index is -2.10. The van der Waals surface area contributed by atoms with E-state index in [1.807, 2.05) is 0 Å². The minimum Gasteiger partial charge on any atom is -0.394 e. The Labute approximate surface area is 559 Å². The number of aliphatic hydroxyl groups is 14. The molecule has 4 aliphatic rings. The first kappa shape index (κ1) is 84.5. The fraction of sp³-hybridized carbons (Fsp3) is 0.971. The molecule has 4 heterocycles. The van der Waals surface area contributed by atoms with Crippen molar-refractivity contribution >= 4 is 11.8 Å². The van der Waals surface area contributed by atoms with E-state index in [2.05, 4.69) is 24.5 Å². The number of ether oxygens (including phenoxy) is 8. The fourth-order valence-corrected chi connectivity index (χ4v) is 12.9. The monoisotopic (exact) mass is 1360 g/mol. The van der Waals surface area contributed by atoms with Crippen LogP contribution in [0.3, 0.4) is 0 Å². The SMILES string of the molecule is CCCCCCCCCCCCCCCCCCCCCC[C@@H](O)C(=O)N[C@@H](CO[C@H]1O[C@H](CO)[C@H](O)[C@H](O)[C@H]1O[C@H]1O[C@H](CO[C@@H]2O[C@H](CO)[C@H](O)[C@H](O[C@@H]3O[C@@H](C)[C@H](O)[C@@H](O)[C@H]3O)[C@H]2NC(C)=O)[C@H](O)[C@H](O)[C@H]1O)[C@H](O)[C@H](O)CCCCCCCCCCCCCC. The number of aliphatic hydroxyl groups excluding tert-OH is 14. The summed E-state index contributed by atoms with van der Waals surface area (Å²) in [5.74, 6) is -1.55. The van der Waals surface area contributed by atoms with Gasteiger partial charge in [-0.1, -0.05) is 219 Å². The van der Waals surface area contributed by atoms with E-state index >= 15 is 0 Å². The van der Waals surface area contributed by atoms with Gasteiger partial charge in [-0.05, 0) is 19.8 Å². The lowest BCUT2D eigenvalue weighted by molar-refractivity contribution is -0.373. The molecule has 16 N–H and O–H groups in total. The van der Waals surface area contributed by atoms with Crippen molar-refractivity contribution in [3.63, 3.8) is 0 Å². The second kappa shape index (κ2) is 48.0. The van der Waals surface area contributed by atoms with E-state index in [9.17, 15) is 81.1 Å². The third-order valence-corrected chi connectivity index (χ3v) is 19.1. The quantitative estimate of drug-likeness (QED) is 0.0388. The number of nitrogens with one attached hydrogen (secondary N) is 2. The summed E-state index contributed by atoms with van der Waals surface area (Å²) in [6.45, 7) is 3.79. The predicted molar refractivity (Wildman–Crippen MR) is 346 cm³/mol. The Kier molecular flexibility index (Phi) is 43.1. The summed E-state index contributed by atoms with van der Waals surface area (Å²) in [5.41, 5.74) is 0. The van der Waals surface area contributed by atoms with E-state index in [0.717, 1.165) is 64.7 Å². The molecule has 0 radical (unpaired) electrons. The van der Waals surface area contributed by atoms with Crippen molar-refractivity contribution in [3.8, 4) is 0 Å². The van der Waals surface area contributed by atoms with Crippen LogP contribution in [-0.2, 0) is 47.5 Å². The van der Waals surface area contributed by atoms with Crippen molar-refractivity contribution in [2.75, 3.05) is 26.4 Å². The maximum absolute atomic E-state index is 13.7. The van der Waals surface area contributed by atoms with Crippen molar-refractivity contribution in [1.82, 2.24) is 10.6 Å². The Morgan fingerprint density at radius 1 is 0.426 bits per heavy atom. The van der Waals surface area contributed by atoms with E-state index in [4.69, 9.17) is 37.9 Å². The molecular formula is C68H128N2O24. The van der Waals surface area contributed by atoms with Gasteiger partial charge in [0, 0.05) is 6.92 Å². The molecule has 0 aromatic carbocycles. The van der Waals surface area contributed by atoms with E-state index in [-0.39, 0.29) is 12.8 Å². The molecule has 24 atom stereocenters. The van der Waals surface area contributed by atoms with Crippen LogP contribution in [0.2, 0.25) is 0 Å². The first-order valence-electron chi connectivity index (χ1n) is 36.3. The highest BCUT2D eigenvalue weighted by molar-refractivity contribution is 5.80. The summed E-state index contributed by atoms with van der Waals surface area (Å²) in [4.78, 5) is 26.3. The van der Waals surface area contributed by atoms with Gasteiger partial charge in [-0.2, -0.15) is 0 Å². The minimum absolute atomic E-state index is 0.124. The summed E-state index contributed by atoms with van der Waals surface area (Å²) in [7, 11) is 0. The molecule has 26 nitrogen and oxygen atoms in total. The standard InChI is InChI=1S/C68H128N2O24/c1-5-7-9-11-13-15-17-19-20-21-22-23-24-25-26-28-30-32-34-36-38-47(75)64(86)70-45(53(77)46(74)37-35-33-31-29-27-18-16-14-12-10-8-6-2)41-87-68-63(59(83)54(78)48(39-71)91-68)94-67-61(85)58(82)55(79)50(92-67)42-88-65-51(69-44(4)73)62(56(80)49(40-72)90-65)93-66-60(84)57(81)52(76)43(3)89-66/h43,45-63,65-68,71-72,74-85H,5-42H2,1-4H3,(H,69,73)(H,70,86)/t43-,45-,46+,47+,48+,49+,50+,51+,52-,53-,54-,55-,56-,57+,58-,59-,60+,61+,62+,63+,65+,66-,67+,68-/m0/s1. The van der Waals surface area contributed by atoms with Crippen LogP contribution in [0.1, 0.15) is 246 Å². The van der Waals surface area contributed by atoms with Gasteiger partial charge in [0.2, 0.25) is 11.8 Å². The van der Waals surface area contributed by atoms with Crippen molar-refractivity contribution in [2.45, 2.75) is 393 Å². The zero-order chi connectivity index (χ0) is 69.0. The first-order valence-corrected chi connectivity index (χ1v) is 36.3. The van der Waals surface area contributed by atoms with Crippen LogP contribution in [-0.4, -0.2) is 257 Å². The molecule has 0 aromatic rings. The topological polar surface area (TPSA) is 415 Å². The molecule has 0 saturated carbocycles. The smallest absolute Gasteiger partial charge is 0.249 e. The summed E-state index contributed by atoms with van der Waals surface area (Å²) in [6, 6.07) is -2.93. The largest absolute Gasteiger partial charge is 0.394 e. The Bertz CT molecular complexity index is 1940. The average Bonchev–Trinajstić information content (AvgIpc) is 0.790. The van der Waals surface area contributed by atoms with Crippen LogP contribution < -0.4 is 10.6 Å². The maximum atomic E-state index is 13.7. The number of hydrogen-bond donors (Lipinski definition) is 16. The Balaban J connectivity index is 1.38. The van der Waals surface area contributed by atoms with Crippen LogP contribution in [0, 0.1) is 0 Å². The van der Waals surface area contributed by atoms with Crippen LogP contribution in [0.15, 0.2) is 0 Å². The van der Waals surface area contributed by atoms with E-state index in [1.165, 1.54) is 142 Å². The van der Waals surface area contributed by atoms with Crippen LogP contribution in [0.4, 0.5) is 0 Å². The molecule has 0 aromatic heterocycles. The number of carbonyl (C=O) groups is 2. The number of rotatable bonds is 51. The summed E-state index contributed by atoms with van der Waals surface area (Å²) < 4.78 is 47.2. The second-order valence-corrected chi connectivity index (χ2v) is 27.1. The summed E-state index contributed by atoms with van der Waals surface area (Å²) >= 11 is 0. The van der Waals surface area contributed by atoms with Gasteiger partial charge in [-0.3, -0.25) is 9.59 Å². The van der Waals surface area contributed by atoms with Crippen molar-refractivity contribution < 1.29 is 119 Å².